The van der Waals surface area contributed by atoms with Gasteiger partial charge in [-0.25, -0.2) is 0 Å². The van der Waals surface area contributed by atoms with Crippen molar-refractivity contribution in [3.8, 4) is 0 Å². The van der Waals surface area contributed by atoms with Gasteiger partial charge in [-0.3, -0.25) is 9.69 Å². The second-order valence-electron chi connectivity index (χ2n) is 4.65. The Bertz CT molecular complexity index is 258. The van der Waals surface area contributed by atoms with Crippen LogP contribution in [0.15, 0.2) is 0 Å². The maximum Gasteiger partial charge on any atom is 0.324 e. The van der Waals surface area contributed by atoms with E-state index in [0.717, 1.165) is 39.1 Å². The van der Waals surface area contributed by atoms with Gasteiger partial charge in [-0.05, 0) is 25.7 Å². The number of ether oxygens (including phenoxy) is 1. The average molecular weight is 248 g/mol. The number of hydrogen-bond acceptors (Lipinski definition) is 3. The van der Waals surface area contributed by atoms with E-state index < -0.39 is 10.8 Å². The molecule has 2 aliphatic rings. The first-order valence-electron chi connectivity index (χ1n) is 5.86. The van der Waals surface area contributed by atoms with E-state index in [2.05, 4.69) is 4.90 Å². The highest BCUT2D eigenvalue weighted by Gasteiger charge is 2.41. The zero-order valence-electron chi connectivity index (χ0n) is 9.32. The number of rotatable bonds is 2. The summed E-state index contributed by atoms with van der Waals surface area (Å²) in [6, 6.07) is 0.495. The third kappa shape index (κ3) is 2.50. The Kier molecular flexibility index (Phi) is 3.72. The monoisotopic (exact) mass is 247 g/mol. The molecule has 0 atom stereocenters. The second kappa shape index (κ2) is 4.90. The number of carboxylic acids is 1. The lowest BCUT2D eigenvalue weighted by Crippen LogP contribution is -2.48. The van der Waals surface area contributed by atoms with Crippen LogP contribution in [0, 0.1) is 0 Å². The molecule has 4 nitrogen and oxygen atoms in total. The van der Waals surface area contributed by atoms with E-state index in [-0.39, 0.29) is 0 Å². The highest BCUT2D eigenvalue weighted by atomic mass is 35.5. The standard InChI is InChI=1S/C11H18ClNO3/c12-11(10(14)15)3-1-9(2-4-11)13-5-7-16-8-6-13/h9H,1-8H2,(H,14,15). The summed E-state index contributed by atoms with van der Waals surface area (Å²) in [6.45, 7) is 3.52. The lowest BCUT2D eigenvalue weighted by molar-refractivity contribution is -0.141. The number of carboxylic acid groups (broad SMARTS) is 1. The van der Waals surface area contributed by atoms with Crippen molar-refractivity contribution in [2.75, 3.05) is 26.3 Å². The first kappa shape index (κ1) is 12.1. The molecule has 92 valence electrons. The Balaban J connectivity index is 1.87. The van der Waals surface area contributed by atoms with E-state index in [4.69, 9.17) is 21.4 Å². The van der Waals surface area contributed by atoms with Crippen LogP contribution in [-0.2, 0) is 9.53 Å². The van der Waals surface area contributed by atoms with Gasteiger partial charge in [0.15, 0.2) is 0 Å². The van der Waals surface area contributed by atoms with Gasteiger partial charge in [0.1, 0.15) is 4.87 Å². The third-order valence-electron chi connectivity index (χ3n) is 3.69. The largest absolute Gasteiger partial charge is 0.480 e. The van der Waals surface area contributed by atoms with Crippen molar-refractivity contribution < 1.29 is 14.6 Å². The molecule has 1 N–H and O–H groups in total. The number of carbonyl (C=O) groups is 1. The number of nitrogens with zero attached hydrogens (tertiary/aromatic N) is 1. The molecule has 0 amide bonds. The zero-order chi connectivity index (χ0) is 11.6. The van der Waals surface area contributed by atoms with Gasteiger partial charge >= 0.3 is 5.97 Å². The van der Waals surface area contributed by atoms with Gasteiger partial charge in [0.25, 0.3) is 0 Å². The molecule has 0 radical (unpaired) electrons. The fourth-order valence-electron chi connectivity index (χ4n) is 2.58. The number of hydrogen-bond donors (Lipinski definition) is 1. The molecule has 1 aliphatic carbocycles. The summed E-state index contributed by atoms with van der Waals surface area (Å²) >= 11 is 6.07. The maximum atomic E-state index is 11.0. The molecule has 16 heavy (non-hydrogen) atoms. The van der Waals surface area contributed by atoms with Crippen LogP contribution < -0.4 is 0 Å². The van der Waals surface area contributed by atoms with Crippen molar-refractivity contribution in [1.29, 1.82) is 0 Å². The van der Waals surface area contributed by atoms with Crippen LogP contribution in [0.4, 0.5) is 0 Å². The lowest BCUT2D eigenvalue weighted by atomic mass is 9.84. The summed E-state index contributed by atoms with van der Waals surface area (Å²) in [5.41, 5.74) is 0. The minimum absolute atomic E-state index is 0.495. The van der Waals surface area contributed by atoms with Crippen molar-refractivity contribution >= 4 is 17.6 Å². The summed E-state index contributed by atoms with van der Waals surface area (Å²) in [7, 11) is 0. The van der Waals surface area contributed by atoms with Crippen molar-refractivity contribution in [1.82, 2.24) is 4.90 Å². The average Bonchev–Trinajstić information content (AvgIpc) is 2.31. The van der Waals surface area contributed by atoms with E-state index in [1.54, 1.807) is 0 Å². The molecule has 0 aromatic heterocycles. The lowest BCUT2D eigenvalue weighted by Gasteiger charge is -2.40. The predicted molar refractivity (Wildman–Crippen MR) is 60.9 cm³/mol. The first-order chi connectivity index (χ1) is 7.62. The van der Waals surface area contributed by atoms with E-state index >= 15 is 0 Å². The van der Waals surface area contributed by atoms with E-state index in [1.165, 1.54) is 0 Å². The Morgan fingerprint density at radius 3 is 2.38 bits per heavy atom. The molecule has 0 bridgehead atoms. The van der Waals surface area contributed by atoms with E-state index in [0.29, 0.717) is 18.9 Å². The molecule has 1 saturated carbocycles. The van der Waals surface area contributed by atoms with Gasteiger partial charge in [0.2, 0.25) is 0 Å². The number of halogens is 1. The SMILES string of the molecule is O=C(O)C1(Cl)CCC(N2CCOCC2)CC1. The number of alkyl halides is 1. The zero-order valence-corrected chi connectivity index (χ0v) is 10.1. The Hall–Kier alpha value is -0.320. The predicted octanol–water partition coefficient (Wildman–Crippen LogP) is 1.32. The van der Waals surface area contributed by atoms with Gasteiger partial charge in [0, 0.05) is 19.1 Å². The molecule has 2 fully saturated rings. The topological polar surface area (TPSA) is 49.8 Å². The summed E-state index contributed by atoms with van der Waals surface area (Å²) < 4.78 is 5.31. The molecule has 0 unspecified atom stereocenters. The second-order valence-corrected chi connectivity index (χ2v) is 5.37. The molecule has 0 spiro atoms. The molecule has 0 aromatic carbocycles. The Labute approximate surface area is 101 Å². The fourth-order valence-corrected chi connectivity index (χ4v) is 2.80. The van der Waals surface area contributed by atoms with Crippen LogP contribution in [0.2, 0.25) is 0 Å². The van der Waals surface area contributed by atoms with E-state index in [9.17, 15) is 4.79 Å². The molecular weight excluding hydrogens is 230 g/mol. The molecule has 5 heteroatoms. The molecule has 2 rings (SSSR count). The van der Waals surface area contributed by atoms with Crippen molar-refractivity contribution in [3.05, 3.63) is 0 Å². The van der Waals surface area contributed by atoms with Crippen LogP contribution >= 0.6 is 11.6 Å². The van der Waals surface area contributed by atoms with Crippen LogP contribution in [0.5, 0.6) is 0 Å². The minimum Gasteiger partial charge on any atom is -0.480 e. The van der Waals surface area contributed by atoms with Gasteiger partial charge in [-0.15, -0.1) is 11.6 Å². The quantitative estimate of drug-likeness (QED) is 0.748. The van der Waals surface area contributed by atoms with Crippen LogP contribution in [0.25, 0.3) is 0 Å². The highest BCUT2D eigenvalue weighted by molar-refractivity contribution is 6.33. The summed E-state index contributed by atoms with van der Waals surface area (Å²) in [6.07, 6.45) is 2.92. The fraction of sp³-hybridized carbons (Fsp3) is 0.909. The first-order valence-corrected chi connectivity index (χ1v) is 6.24. The van der Waals surface area contributed by atoms with Gasteiger partial charge in [0.05, 0.1) is 13.2 Å². The summed E-state index contributed by atoms with van der Waals surface area (Å²) in [5, 5.41) is 9.03. The van der Waals surface area contributed by atoms with Gasteiger partial charge in [-0.1, -0.05) is 0 Å². The number of aliphatic carboxylic acids is 1. The smallest absolute Gasteiger partial charge is 0.324 e. The highest BCUT2D eigenvalue weighted by Crippen LogP contribution is 2.36. The molecule has 1 aliphatic heterocycles. The normalized spacial score (nSPS) is 37.2. The Morgan fingerprint density at radius 1 is 1.31 bits per heavy atom. The van der Waals surface area contributed by atoms with Crippen molar-refractivity contribution in [2.24, 2.45) is 0 Å². The number of morpholine rings is 1. The van der Waals surface area contributed by atoms with Gasteiger partial charge in [-0.2, -0.15) is 0 Å². The summed E-state index contributed by atoms with van der Waals surface area (Å²) in [4.78, 5) is 12.4. The van der Waals surface area contributed by atoms with Crippen molar-refractivity contribution in [2.45, 2.75) is 36.6 Å². The molecule has 1 heterocycles. The van der Waals surface area contributed by atoms with Crippen LogP contribution in [0.1, 0.15) is 25.7 Å². The van der Waals surface area contributed by atoms with Crippen LogP contribution in [-0.4, -0.2) is 53.2 Å². The van der Waals surface area contributed by atoms with Crippen molar-refractivity contribution in [3.63, 3.8) is 0 Å². The molecule has 0 aromatic rings. The van der Waals surface area contributed by atoms with Crippen LogP contribution in [0.3, 0.4) is 0 Å². The third-order valence-corrected chi connectivity index (χ3v) is 4.23. The summed E-state index contributed by atoms with van der Waals surface area (Å²) in [5.74, 6) is -0.866. The molecular formula is C11H18ClNO3. The Morgan fingerprint density at radius 2 is 1.88 bits per heavy atom. The van der Waals surface area contributed by atoms with E-state index in [1.807, 2.05) is 0 Å². The van der Waals surface area contributed by atoms with Gasteiger partial charge < -0.3 is 9.84 Å². The molecule has 1 saturated heterocycles. The maximum absolute atomic E-state index is 11.0. The minimum atomic E-state index is -1.01.